The van der Waals surface area contributed by atoms with E-state index in [1.165, 1.54) is 0 Å². The van der Waals surface area contributed by atoms with Crippen LogP contribution in [-0.2, 0) is 20.1 Å². The molecule has 1 amide bonds. The zero-order chi connectivity index (χ0) is 14.1. The first-order chi connectivity index (χ1) is 9.63. The molecule has 0 unspecified atom stereocenters. The first kappa shape index (κ1) is 12.7. The summed E-state index contributed by atoms with van der Waals surface area (Å²) in [4.78, 5) is 16.4. The molecule has 0 aliphatic carbocycles. The summed E-state index contributed by atoms with van der Waals surface area (Å²) in [6.45, 7) is 4.21. The van der Waals surface area contributed by atoms with Gasteiger partial charge in [0, 0.05) is 44.6 Å². The Kier molecular flexibility index (Phi) is 3.17. The van der Waals surface area contributed by atoms with Crippen molar-refractivity contribution in [3.63, 3.8) is 0 Å². The first-order valence-electron chi connectivity index (χ1n) is 6.72. The molecule has 0 saturated carbocycles. The summed E-state index contributed by atoms with van der Waals surface area (Å²) in [5, 5.41) is 10.3. The number of anilines is 1. The minimum atomic E-state index is -0.156. The third-order valence-electron chi connectivity index (χ3n) is 3.42. The monoisotopic (exact) mass is 274 g/mol. The zero-order valence-corrected chi connectivity index (χ0v) is 11.7. The summed E-state index contributed by atoms with van der Waals surface area (Å²) >= 11 is 0. The second-order valence-corrected chi connectivity index (χ2v) is 5.02. The minimum absolute atomic E-state index is 0.156. The first-order valence-corrected chi connectivity index (χ1v) is 6.72. The van der Waals surface area contributed by atoms with Gasteiger partial charge in [0.25, 0.3) is 5.91 Å². The van der Waals surface area contributed by atoms with Crippen LogP contribution in [0.2, 0.25) is 0 Å². The molecule has 3 heterocycles. The number of carbonyl (C=O) groups excluding carboxylic acids is 1. The highest BCUT2D eigenvalue weighted by atomic mass is 16.1. The van der Waals surface area contributed by atoms with E-state index >= 15 is 0 Å². The Hall–Kier alpha value is -2.31. The maximum Gasteiger partial charge on any atom is 0.271 e. The second kappa shape index (κ2) is 4.99. The molecule has 3 rings (SSSR count). The highest BCUT2D eigenvalue weighted by Crippen LogP contribution is 2.14. The van der Waals surface area contributed by atoms with E-state index in [1.54, 1.807) is 10.9 Å². The number of nitrogens with zero attached hydrogens (tertiary/aromatic N) is 4. The molecule has 0 radical (unpaired) electrons. The summed E-state index contributed by atoms with van der Waals surface area (Å²) in [7, 11) is 1.87. The van der Waals surface area contributed by atoms with Crippen LogP contribution in [0, 0.1) is 6.92 Å². The molecule has 0 aromatic carbocycles. The maximum absolute atomic E-state index is 12.1. The van der Waals surface area contributed by atoms with Gasteiger partial charge >= 0.3 is 0 Å². The van der Waals surface area contributed by atoms with Crippen LogP contribution in [0.1, 0.15) is 28.2 Å². The lowest BCUT2D eigenvalue weighted by Gasteiger charge is -2.14. The lowest BCUT2D eigenvalue weighted by Crippen LogP contribution is -2.23. The van der Waals surface area contributed by atoms with Gasteiger partial charge in [-0.25, -0.2) is 4.98 Å². The van der Waals surface area contributed by atoms with Crippen LogP contribution in [0.4, 0.5) is 5.95 Å². The fourth-order valence-electron chi connectivity index (χ4n) is 2.37. The van der Waals surface area contributed by atoms with Gasteiger partial charge in [-0.3, -0.25) is 9.48 Å². The van der Waals surface area contributed by atoms with Crippen molar-refractivity contribution in [1.29, 1.82) is 0 Å². The number of rotatable bonds is 3. The smallest absolute Gasteiger partial charge is 0.271 e. The van der Waals surface area contributed by atoms with Crippen molar-refractivity contribution in [2.75, 3.05) is 11.9 Å². The fourth-order valence-corrected chi connectivity index (χ4v) is 2.37. The third kappa shape index (κ3) is 2.38. The number of imidazole rings is 1. The van der Waals surface area contributed by atoms with Crippen molar-refractivity contribution in [3.8, 4) is 0 Å². The summed E-state index contributed by atoms with van der Waals surface area (Å²) in [5.74, 6) is 0.621. The van der Waals surface area contributed by atoms with E-state index < -0.39 is 0 Å². The van der Waals surface area contributed by atoms with E-state index in [-0.39, 0.29) is 5.91 Å². The molecule has 106 valence electrons. The summed E-state index contributed by atoms with van der Waals surface area (Å²) < 4.78 is 3.73. The summed E-state index contributed by atoms with van der Waals surface area (Å²) in [5.41, 5.74) is 2.40. The van der Waals surface area contributed by atoms with E-state index in [9.17, 15) is 4.79 Å². The molecule has 1 aliphatic rings. The Morgan fingerprint density at radius 3 is 3.05 bits per heavy atom. The molecule has 0 bridgehead atoms. The molecule has 1 aliphatic heterocycles. The van der Waals surface area contributed by atoms with Crippen molar-refractivity contribution in [3.05, 3.63) is 29.3 Å². The number of nitrogens with one attached hydrogen (secondary N) is 2. The van der Waals surface area contributed by atoms with Gasteiger partial charge in [-0.2, -0.15) is 5.10 Å². The molecule has 2 N–H and O–H groups in total. The van der Waals surface area contributed by atoms with E-state index in [4.69, 9.17) is 0 Å². The van der Waals surface area contributed by atoms with Crippen LogP contribution >= 0.6 is 0 Å². The van der Waals surface area contributed by atoms with Crippen molar-refractivity contribution in [2.45, 2.75) is 26.4 Å². The maximum atomic E-state index is 12.1. The van der Waals surface area contributed by atoms with Gasteiger partial charge in [0.15, 0.2) is 0 Å². The Labute approximate surface area is 117 Å². The molecule has 2 aromatic rings. The van der Waals surface area contributed by atoms with Crippen LogP contribution in [0.25, 0.3) is 0 Å². The minimum Gasteiger partial charge on any atom is -0.356 e. The predicted octanol–water partition coefficient (Wildman–Crippen LogP) is 0.671. The van der Waals surface area contributed by atoms with Gasteiger partial charge in [-0.15, -0.1) is 0 Å². The van der Waals surface area contributed by atoms with Crippen molar-refractivity contribution in [1.82, 2.24) is 24.6 Å². The number of hydrogen-bond acceptors (Lipinski definition) is 4. The van der Waals surface area contributed by atoms with Crippen LogP contribution in [0.15, 0.2) is 12.4 Å². The standard InChI is InChI=1S/C13H18N6O/c1-9-10(7-18(2)17-9)6-15-12(20)11-8-19-5-3-4-14-13(19)16-11/h7-8H,3-6H2,1-2H3,(H,14,16)(H,15,20). The SMILES string of the molecule is Cc1nn(C)cc1CNC(=O)c1cn2c(n1)NCCC2. The van der Waals surface area contributed by atoms with Gasteiger partial charge in [-0.05, 0) is 13.3 Å². The van der Waals surface area contributed by atoms with Crippen LogP contribution < -0.4 is 10.6 Å². The average Bonchev–Trinajstić information content (AvgIpc) is 2.99. The van der Waals surface area contributed by atoms with Gasteiger partial charge < -0.3 is 15.2 Å². The van der Waals surface area contributed by atoms with Gasteiger partial charge in [-0.1, -0.05) is 0 Å². The molecule has 20 heavy (non-hydrogen) atoms. The number of fused-ring (bicyclic) bond motifs is 1. The Morgan fingerprint density at radius 1 is 1.50 bits per heavy atom. The van der Waals surface area contributed by atoms with Gasteiger partial charge in [0.05, 0.1) is 5.69 Å². The second-order valence-electron chi connectivity index (χ2n) is 5.02. The van der Waals surface area contributed by atoms with Crippen molar-refractivity contribution < 1.29 is 4.79 Å². The number of hydrogen-bond donors (Lipinski definition) is 2. The highest BCUT2D eigenvalue weighted by molar-refractivity contribution is 5.92. The normalized spacial score (nSPS) is 13.7. The lowest BCUT2D eigenvalue weighted by molar-refractivity contribution is 0.0946. The number of aryl methyl sites for hydroxylation is 3. The molecule has 0 atom stereocenters. The fraction of sp³-hybridized carbons (Fsp3) is 0.462. The summed E-state index contributed by atoms with van der Waals surface area (Å²) in [6.07, 6.45) is 4.77. The molecule has 0 saturated heterocycles. The molecule has 2 aromatic heterocycles. The van der Waals surface area contributed by atoms with Crippen molar-refractivity contribution >= 4 is 11.9 Å². The number of aromatic nitrogens is 4. The van der Waals surface area contributed by atoms with Crippen LogP contribution in [-0.4, -0.2) is 31.8 Å². The molecular formula is C13H18N6O. The molecular weight excluding hydrogens is 256 g/mol. The van der Waals surface area contributed by atoms with E-state index in [1.807, 2.05) is 24.7 Å². The number of carbonyl (C=O) groups is 1. The number of amides is 1. The Bertz CT molecular complexity index is 618. The van der Waals surface area contributed by atoms with Gasteiger partial charge in [0.2, 0.25) is 5.95 Å². The molecule has 0 spiro atoms. The largest absolute Gasteiger partial charge is 0.356 e. The van der Waals surface area contributed by atoms with Crippen molar-refractivity contribution in [2.24, 2.45) is 7.05 Å². The Morgan fingerprint density at radius 2 is 2.35 bits per heavy atom. The molecule has 7 nitrogen and oxygen atoms in total. The predicted molar refractivity (Wildman–Crippen MR) is 74.4 cm³/mol. The van der Waals surface area contributed by atoms with Crippen LogP contribution in [0.3, 0.4) is 0 Å². The highest BCUT2D eigenvalue weighted by Gasteiger charge is 2.16. The lowest BCUT2D eigenvalue weighted by atomic mass is 10.2. The van der Waals surface area contributed by atoms with E-state index in [0.29, 0.717) is 12.2 Å². The van der Waals surface area contributed by atoms with E-state index in [0.717, 1.165) is 36.7 Å². The average molecular weight is 274 g/mol. The topological polar surface area (TPSA) is 76.8 Å². The molecule has 0 fully saturated rings. The summed E-state index contributed by atoms with van der Waals surface area (Å²) in [6, 6.07) is 0. The quantitative estimate of drug-likeness (QED) is 0.862. The molecule has 7 heteroatoms. The Balaban J connectivity index is 1.67. The third-order valence-corrected chi connectivity index (χ3v) is 3.42. The zero-order valence-electron chi connectivity index (χ0n) is 11.7. The van der Waals surface area contributed by atoms with E-state index in [2.05, 4.69) is 20.7 Å². The van der Waals surface area contributed by atoms with Crippen LogP contribution in [0.5, 0.6) is 0 Å². The van der Waals surface area contributed by atoms with Gasteiger partial charge in [0.1, 0.15) is 5.69 Å².